The van der Waals surface area contributed by atoms with Gasteiger partial charge in [0, 0.05) is 38.1 Å². The molecule has 10 heteroatoms. The SMILES string of the molecule is CN1CCNC1CNC(=O)C1=CN(C2=C3NCN[C]3N=CN2)CCS1. The molecular weight excluding hydrogens is 340 g/mol. The standard InChI is InChI=1S/C15H23N8OS/c1-22-3-2-16-11(22)6-17-15(24)10-7-23(4-5-25-10)14-12-13(19-8-18-12)20-9-21-14/h7,9,11,16,18-19H,2-6,8H2,1H3,(H,17,24)(H,20,21). The Morgan fingerprint density at radius 2 is 2.36 bits per heavy atom. The molecule has 2 fully saturated rings. The summed E-state index contributed by atoms with van der Waals surface area (Å²) in [6.07, 6.45) is 4.63. The quantitative estimate of drug-likeness (QED) is 0.403. The maximum Gasteiger partial charge on any atom is 0.259 e. The van der Waals surface area contributed by atoms with E-state index in [0.29, 0.717) is 13.2 Å². The zero-order valence-electron chi connectivity index (χ0n) is 14.1. The van der Waals surface area contributed by atoms with Gasteiger partial charge in [0.25, 0.3) is 5.91 Å². The van der Waals surface area contributed by atoms with Gasteiger partial charge in [-0.2, -0.15) is 0 Å². The molecule has 0 aromatic heterocycles. The van der Waals surface area contributed by atoms with Crippen molar-refractivity contribution in [2.45, 2.75) is 6.17 Å². The predicted octanol–water partition coefficient (Wildman–Crippen LogP) is -1.71. The summed E-state index contributed by atoms with van der Waals surface area (Å²) in [7, 11) is 2.06. The van der Waals surface area contributed by atoms with Gasteiger partial charge in [-0.1, -0.05) is 0 Å². The van der Waals surface area contributed by atoms with Crippen molar-refractivity contribution in [3.8, 4) is 0 Å². The van der Waals surface area contributed by atoms with Crippen LogP contribution in [0.15, 0.2) is 27.6 Å². The zero-order valence-corrected chi connectivity index (χ0v) is 14.9. The van der Waals surface area contributed by atoms with Crippen molar-refractivity contribution in [2.75, 3.05) is 45.6 Å². The van der Waals surface area contributed by atoms with Crippen molar-refractivity contribution in [3.63, 3.8) is 0 Å². The molecule has 2 saturated heterocycles. The molecule has 4 heterocycles. The highest BCUT2D eigenvalue weighted by Crippen LogP contribution is 2.27. The lowest BCUT2D eigenvalue weighted by Gasteiger charge is -2.31. The fourth-order valence-electron chi connectivity index (χ4n) is 3.17. The van der Waals surface area contributed by atoms with Gasteiger partial charge in [-0.15, -0.1) is 11.8 Å². The summed E-state index contributed by atoms with van der Waals surface area (Å²) in [5, 5.41) is 16.1. The number of rotatable bonds is 4. The highest BCUT2D eigenvalue weighted by Gasteiger charge is 2.30. The van der Waals surface area contributed by atoms with E-state index in [4.69, 9.17) is 0 Å². The molecular formula is C15H23N8OS. The van der Waals surface area contributed by atoms with Crippen LogP contribution in [0, 0.1) is 6.17 Å². The summed E-state index contributed by atoms with van der Waals surface area (Å²) in [4.78, 5) is 21.8. The Bertz CT molecular complexity index is 633. The number of likely N-dealkylation sites (N-methyl/N-ethyl adjacent to an activating group) is 1. The first kappa shape index (κ1) is 16.7. The molecule has 0 saturated carbocycles. The van der Waals surface area contributed by atoms with E-state index in [1.54, 1.807) is 18.1 Å². The van der Waals surface area contributed by atoms with Crippen molar-refractivity contribution in [3.05, 3.63) is 28.8 Å². The highest BCUT2D eigenvalue weighted by molar-refractivity contribution is 8.04. The van der Waals surface area contributed by atoms with Crippen LogP contribution in [0.1, 0.15) is 0 Å². The molecule has 4 aliphatic rings. The molecule has 4 aliphatic heterocycles. The summed E-state index contributed by atoms with van der Waals surface area (Å²) >= 11 is 1.59. The lowest BCUT2D eigenvalue weighted by Crippen LogP contribution is -2.44. The topological polar surface area (TPSA) is 96.1 Å². The van der Waals surface area contributed by atoms with Crippen LogP contribution in [0.4, 0.5) is 0 Å². The molecule has 1 radical (unpaired) electrons. The summed E-state index contributed by atoms with van der Waals surface area (Å²) in [5.74, 6) is 1.77. The van der Waals surface area contributed by atoms with Crippen LogP contribution in [0.2, 0.25) is 0 Å². The second kappa shape index (κ2) is 7.24. The minimum absolute atomic E-state index is 0.0198. The minimum Gasteiger partial charge on any atom is -0.370 e. The first-order chi connectivity index (χ1) is 12.2. The monoisotopic (exact) mass is 363 g/mol. The summed E-state index contributed by atoms with van der Waals surface area (Å²) in [6, 6.07) is 0. The van der Waals surface area contributed by atoms with E-state index in [-0.39, 0.29) is 12.1 Å². The molecule has 135 valence electrons. The fourth-order valence-corrected chi connectivity index (χ4v) is 4.09. The average Bonchev–Trinajstić information content (AvgIpc) is 3.28. The van der Waals surface area contributed by atoms with Gasteiger partial charge in [0.1, 0.15) is 11.5 Å². The van der Waals surface area contributed by atoms with Crippen LogP contribution in [0.25, 0.3) is 0 Å². The number of carbonyl (C=O) groups is 1. The number of amides is 1. The van der Waals surface area contributed by atoms with Crippen molar-refractivity contribution in [2.24, 2.45) is 4.99 Å². The Kier molecular flexibility index (Phi) is 4.84. The maximum absolute atomic E-state index is 12.5. The van der Waals surface area contributed by atoms with E-state index in [2.05, 4.69) is 48.4 Å². The van der Waals surface area contributed by atoms with Crippen molar-refractivity contribution in [1.82, 2.24) is 36.4 Å². The largest absolute Gasteiger partial charge is 0.370 e. The number of hydrogen-bond acceptors (Lipinski definition) is 9. The molecule has 9 nitrogen and oxygen atoms in total. The Hall–Kier alpha value is -1.75. The third kappa shape index (κ3) is 3.47. The molecule has 1 atom stereocenters. The number of nitrogens with one attached hydrogen (secondary N) is 5. The fraction of sp³-hybridized carbons (Fsp3) is 0.533. The number of nitrogens with zero attached hydrogens (tertiary/aromatic N) is 3. The van der Waals surface area contributed by atoms with Crippen molar-refractivity contribution >= 4 is 24.0 Å². The molecule has 0 spiro atoms. The van der Waals surface area contributed by atoms with E-state index < -0.39 is 0 Å². The predicted molar refractivity (Wildman–Crippen MR) is 97.7 cm³/mol. The molecule has 25 heavy (non-hydrogen) atoms. The van der Waals surface area contributed by atoms with Crippen LogP contribution >= 0.6 is 11.8 Å². The average molecular weight is 363 g/mol. The van der Waals surface area contributed by atoms with Gasteiger partial charge in [-0.3, -0.25) is 20.3 Å². The lowest BCUT2D eigenvalue weighted by molar-refractivity contribution is -0.117. The first-order valence-electron chi connectivity index (χ1n) is 8.44. The Labute approximate surface area is 151 Å². The molecule has 1 amide bonds. The van der Waals surface area contributed by atoms with Crippen LogP contribution in [0.5, 0.6) is 0 Å². The van der Waals surface area contributed by atoms with Crippen LogP contribution in [-0.4, -0.2) is 73.9 Å². The van der Waals surface area contributed by atoms with Gasteiger partial charge in [0.15, 0.2) is 0 Å². The van der Waals surface area contributed by atoms with Gasteiger partial charge in [0.2, 0.25) is 6.17 Å². The van der Waals surface area contributed by atoms with E-state index in [1.165, 1.54) is 0 Å². The third-order valence-corrected chi connectivity index (χ3v) is 5.58. The van der Waals surface area contributed by atoms with Gasteiger partial charge in [-0.25, -0.2) is 4.99 Å². The van der Waals surface area contributed by atoms with Gasteiger partial charge in [0.05, 0.1) is 24.1 Å². The third-order valence-electron chi connectivity index (χ3n) is 4.60. The normalized spacial score (nSPS) is 27.0. The second-order valence-corrected chi connectivity index (χ2v) is 7.34. The number of thioether (sulfide) groups is 1. The summed E-state index contributed by atoms with van der Waals surface area (Å²) < 4.78 is 0. The van der Waals surface area contributed by atoms with E-state index >= 15 is 0 Å². The van der Waals surface area contributed by atoms with Gasteiger partial charge in [-0.05, 0) is 7.05 Å². The summed E-state index contributed by atoms with van der Waals surface area (Å²) in [5.41, 5.74) is 0.946. The van der Waals surface area contributed by atoms with Gasteiger partial charge < -0.3 is 20.9 Å². The van der Waals surface area contributed by atoms with E-state index in [1.807, 2.05) is 6.20 Å². The van der Waals surface area contributed by atoms with Gasteiger partial charge >= 0.3 is 0 Å². The summed E-state index contributed by atoms with van der Waals surface area (Å²) in [6.45, 7) is 4.08. The Morgan fingerprint density at radius 3 is 3.20 bits per heavy atom. The Morgan fingerprint density at radius 1 is 1.44 bits per heavy atom. The molecule has 5 N–H and O–H groups in total. The molecule has 0 aromatic carbocycles. The molecule has 0 aromatic rings. The second-order valence-electron chi connectivity index (χ2n) is 6.20. The number of hydrogen-bond donors (Lipinski definition) is 5. The zero-order chi connectivity index (χ0) is 17.2. The lowest BCUT2D eigenvalue weighted by atomic mass is 10.3. The van der Waals surface area contributed by atoms with E-state index in [9.17, 15) is 4.79 Å². The first-order valence-corrected chi connectivity index (χ1v) is 9.42. The molecule has 0 bridgehead atoms. The highest BCUT2D eigenvalue weighted by atomic mass is 32.2. The van der Waals surface area contributed by atoms with Crippen LogP contribution < -0.4 is 26.6 Å². The smallest absolute Gasteiger partial charge is 0.259 e. The van der Waals surface area contributed by atoms with Crippen molar-refractivity contribution < 1.29 is 4.79 Å². The maximum atomic E-state index is 12.5. The van der Waals surface area contributed by atoms with Crippen LogP contribution in [0.3, 0.4) is 0 Å². The van der Waals surface area contributed by atoms with Crippen LogP contribution in [-0.2, 0) is 4.79 Å². The number of fused-ring (bicyclic) bond motifs is 1. The number of carbonyl (C=O) groups excluding carboxylic acids is 1. The Balaban J connectivity index is 1.42. The molecule has 4 rings (SSSR count). The minimum atomic E-state index is -0.0198. The van der Waals surface area contributed by atoms with Crippen molar-refractivity contribution in [1.29, 1.82) is 0 Å². The molecule has 1 unspecified atom stereocenters. The van der Waals surface area contributed by atoms with E-state index in [0.717, 1.165) is 48.0 Å². The molecule has 0 aliphatic carbocycles. The number of aliphatic imine (C=N–C) groups is 1.